The van der Waals surface area contributed by atoms with Gasteiger partial charge in [0.2, 0.25) is 15.9 Å². The molecule has 1 spiro atoms. The normalized spacial score (nSPS) is 28.7. The van der Waals surface area contributed by atoms with Crippen LogP contribution in [-0.4, -0.2) is 98.8 Å². The smallest absolute Gasteiger partial charge is 0.475 e. The molecule has 0 aromatic heterocycles. The summed E-state index contributed by atoms with van der Waals surface area (Å²) in [6.07, 6.45) is -1.29. The van der Waals surface area contributed by atoms with Crippen molar-refractivity contribution in [2.24, 2.45) is 16.7 Å². The van der Waals surface area contributed by atoms with Crippen LogP contribution in [0.25, 0.3) is 0 Å². The highest BCUT2D eigenvalue weighted by atomic mass is 32.2. The first-order valence-corrected chi connectivity index (χ1v) is 11.9. The predicted octanol–water partition coefficient (Wildman–Crippen LogP) is 1.48. The van der Waals surface area contributed by atoms with Crippen LogP contribution >= 0.6 is 0 Å². The zero-order chi connectivity index (χ0) is 23.8. The number of fused-ring (bicyclic) bond motifs is 2. The predicted molar refractivity (Wildman–Crippen MR) is 108 cm³/mol. The fourth-order valence-corrected chi connectivity index (χ4v) is 6.69. The van der Waals surface area contributed by atoms with Crippen molar-refractivity contribution in [2.75, 3.05) is 53.1 Å². The van der Waals surface area contributed by atoms with E-state index in [0.29, 0.717) is 19.0 Å². The molecule has 1 amide bonds. The van der Waals surface area contributed by atoms with Crippen LogP contribution in [0, 0.1) is 16.7 Å². The Kier molecular flexibility index (Phi) is 7.39. The van der Waals surface area contributed by atoms with Gasteiger partial charge in [-0.15, -0.1) is 0 Å². The summed E-state index contributed by atoms with van der Waals surface area (Å²) in [7, 11) is 2.72. The second kappa shape index (κ2) is 8.86. The number of carboxylic acid groups (broad SMARTS) is 1. The summed E-state index contributed by atoms with van der Waals surface area (Å²) in [6, 6.07) is 0. The summed E-state index contributed by atoms with van der Waals surface area (Å²) in [6.45, 7) is 4.74. The van der Waals surface area contributed by atoms with Gasteiger partial charge in [-0.3, -0.25) is 4.79 Å². The molecule has 1 aliphatic carbocycles. The Bertz CT molecular complexity index is 794. The maximum absolute atomic E-state index is 13.0. The van der Waals surface area contributed by atoms with Gasteiger partial charge in [-0.1, -0.05) is 0 Å². The first-order chi connectivity index (χ1) is 14.1. The zero-order valence-corrected chi connectivity index (χ0v) is 19.2. The molecule has 2 saturated heterocycles. The summed E-state index contributed by atoms with van der Waals surface area (Å²) < 4.78 is 57.7. The van der Waals surface area contributed by atoms with Crippen molar-refractivity contribution in [3.8, 4) is 0 Å². The lowest BCUT2D eigenvalue weighted by Gasteiger charge is -2.44. The number of rotatable bonds is 3. The molecule has 1 N–H and O–H groups in total. The van der Waals surface area contributed by atoms with E-state index in [-0.39, 0.29) is 22.5 Å². The van der Waals surface area contributed by atoms with Crippen molar-refractivity contribution in [2.45, 2.75) is 38.8 Å². The Balaban J connectivity index is 0.000000423. The molecule has 2 atom stereocenters. The van der Waals surface area contributed by atoms with Crippen molar-refractivity contribution in [1.82, 2.24) is 14.1 Å². The van der Waals surface area contributed by atoms with Crippen molar-refractivity contribution in [3.05, 3.63) is 0 Å². The number of sulfonamides is 1. The number of nitrogens with zero attached hydrogens (tertiary/aromatic N) is 3. The first-order valence-electron chi connectivity index (χ1n) is 10.3. The van der Waals surface area contributed by atoms with Crippen molar-refractivity contribution in [3.63, 3.8) is 0 Å². The molecule has 3 rings (SSSR count). The number of aliphatic carboxylic acids is 1. The van der Waals surface area contributed by atoms with Crippen molar-refractivity contribution in [1.29, 1.82) is 0 Å². The highest BCUT2D eigenvalue weighted by Gasteiger charge is 2.64. The minimum Gasteiger partial charge on any atom is -0.475 e. The summed E-state index contributed by atoms with van der Waals surface area (Å²) in [5, 5.41) is 7.12. The third-order valence-corrected chi connectivity index (χ3v) is 8.95. The summed E-state index contributed by atoms with van der Waals surface area (Å²) in [4.78, 5) is 25.9. The Morgan fingerprint density at radius 3 is 2.06 bits per heavy atom. The van der Waals surface area contributed by atoms with Crippen LogP contribution in [0.2, 0.25) is 0 Å². The monoisotopic (exact) mass is 471 g/mol. The third-order valence-electron chi connectivity index (χ3n) is 7.07. The Morgan fingerprint density at radius 2 is 1.65 bits per heavy atom. The number of hydrogen-bond acceptors (Lipinski definition) is 5. The fraction of sp³-hybridized carbons (Fsp3) is 0.895. The summed E-state index contributed by atoms with van der Waals surface area (Å²) in [5.74, 6) is -1.96. The van der Waals surface area contributed by atoms with Crippen molar-refractivity contribution >= 4 is 21.9 Å². The Morgan fingerprint density at radius 1 is 1.13 bits per heavy atom. The third kappa shape index (κ3) is 5.00. The molecule has 31 heavy (non-hydrogen) atoms. The van der Waals surface area contributed by atoms with E-state index in [1.54, 1.807) is 16.1 Å². The maximum Gasteiger partial charge on any atom is 0.490 e. The zero-order valence-electron chi connectivity index (χ0n) is 18.4. The fourth-order valence-electron chi connectivity index (χ4n) is 5.58. The lowest BCUT2D eigenvalue weighted by Crippen LogP contribution is -2.49. The van der Waals surface area contributed by atoms with Crippen LogP contribution in [0.4, 0.5) is 13.2 Å². The van der Waals surface area contributed by atoms with Crippen LogP contribution < -0.4 is 0 Å². The van der Waals surface area contributed by atoms with Crippen molar-refractivity contribution < 1.29 is 36.3 Å². The number of halogens is 3. The number of carboxylic acids is 1. The molecule has 2 heterocycles. The largest absolute Gasteiger partial charge is 0.490 e. The SMILES string of the molecule is CCS(=O)(=O)N1CCC2(CC1)CC[C@@]1(C(=O)N(C)C)CN(C)C[C@@H]21.O=C(O)C(F)(F)F. The van der Waals surface area contributed by atoms with Gasteiger partial charge in [0.25, 0.3) is 0 Å². The standard InChI is InChI=1S/C17H31N3O3S.C2HF3O2/c1-5-24(22,23)20-10-8-16(9-11-20)6-7-17(15(21)18(2)3)13-19(4)12-14(16)17;3-2(4,5)1(6)7/h14H,5-13H2,1-4H3;(H,6,7)/t14-,17+;/m0./s1. The van der Waals surface area contributed by atoms with Gasteiger partial charge in [-0.05, 0) is 51.0 Å². The number of amides is 1. The number of piperidine rings is 1. The van der Waals surface area contributed by atoms with E-state index in [4.69, 9.17) is 9.90 Å². The molecule has 0 aromatic carbocycles. The maximum atomic E-state index is 13.0. The number of alkyl halides is 3. The molecule has 0 unspecified atom stereocenters. The Hall–Kier alpha value is -1.40. The van der Waals surface area contributed by atoms with Crippen LogP contribution in [0.5, 0.6) is 0 Å². The average Bonchev–Trinajstić information content (AvgIpc) is 3.16. The van der Waals surface area contributed by atoms with Gasteiger partial charge < -0.3 is 14.9 Å². The molecule has 0 bridgehead atoms. The number of carbonyl (C=O) groups excluding carboxylic acids is 1. The highest BCUT2D eigenvalue weighted by Crippen LogP contribution is 2.62. The molecular weight excluding hydrogens is 439 g/mol. The number of carbonyl (C=O) groups is 2. The average molecular weight is 472 g/mol. The summed E-state index contributed by atoms with van der Waals surface area (Å²) in [5.41, 5.74) is -0.125. The number of likely N-dealkylation sites (tertiary alicyclic amines) is 1. The molecule has 0 radical (unpaired) electrons. The second-order valence-corrected chi connectivity index (χ2v) is 11.3. The molecule has 3 aliphatic rings. The summed E-state index contributed by atoms with van der Waals surface area (Å²) >= 11 is 0. The molecule has 12 heteroatoms. The van der Waals surface area contributed by atoms with Gasteiger partial charge in [0, 0.05) is 40.3 Å². The molecule has 8 nitrogen and oxygen atoms in total. The molecule has 1 saturated carbocycles. The van der Waals surface area contributed by atoms with E-state index in [0.717, 1.165) is 38.8 Å². The van der Waals surface area contributed by atoms with E-state index in [1.165, 1.54) is 0 Å². The van der Waals surface area contributed by atoms with E-state index in [1.807, 2.05) is 14.1 Å². The van der Waals surface area contributed by atoms with Gasteiger partial charge in [0.05, 0.1) is 11.2 Å². The van der Waals surface area contributed by atoms with E-state index in [2.05, 4.69) is 11.9 Å². The number of hydrogen-bond donors (Lipinski definition) is 1. The van der Waals surface area contributed by atoms with E-state index < -0.39 is 22.2 Å². The minimum absolute atomic E-state index is 0.135. The van der Waals surface area contributed by atoms with Crippen LogP contribution in [0.15, 0.2) is 0 Å². The van der Waals surface area contributed by atoms with Gasteiger partial charge in [-0.25, -0.2) is 17.5 Å². The highest BCUT2D eigenvalue weighted by molar-refractivity contribution is 7.89. The molecular formula is C19H32F3N3O5S. The van der Waals surface area contributed by atoms with Gasteiger partial charge in [0.1, 0.15) is 0 Å². The topological polar surface area (TPSA) is 98.2 Å². The second-order valence-electron chi connectivity index (χ2n) is 9.07. The quantitative estimate of drug-likeness (QED) is 0.670. The lowest BCUT2D eigenvalue weighted by atomic mass is 9.66. The van der Waals surface area contributed by atoms with E-state index in [9.17, 15) is 26.4 Å². The molecule has 0 aromatic rings. The lowest BCUT2D eigenvalue weighted by molar-refractivity contribution is -0.192. The van der Waals surface area contributed by atoms with Gasteiger partial charge in [0.15, 0.2) is 0 Å². The van der Waals surface area contributed by atoms with Crippen LogP contribution in [0.1, 0.15) is 32.6 Å². The molecule has 3 fully saturated rings. The first kappa shape index (κ1) is 25.9. The van der Waals surface area contributed by atoms with Crippen LogP contribution in [-0.2, 0) is 19.6 Å². The van der Waals surface area contributed by atoms with Gasteiger partial charge >= 0.3 is 12.1 Å². The Labute approximate surface area is 181 Å². The minimum atomic E-state index is -5.08. The molecule has 2 aliphatic heterocycles. The van der Waals surface area contributed by atoms with E-state index >= 15 is 0 Å². The van der Waals surface area contributed by atoms with Gasteiger partial charge in [-0.2, -0.15) is 13.2 Å². The molecule has 180 valence electrons. The van der Waals surface area contributed by atoms with Crippen LogP contribution in [0.3, 0.4) is 0 Å².